The molecule has 2 atom stereocenters. The SMILES string of the molecule is Cc1cc(-c2cccn3nc(Nc4ccn(C)n4)cc23)c(OC2CC3COCC(C2)N3C)cn1. The van der Waals surface area contributed by atoms with Gasteiger partial charge in [0.1, 0.15) is 11.9 Å². The van der Waals surface area contributed by atoms with Crippen LogP contribution in [0.4, 0.5) is 11.6 Å². The molecule has 0 amide bonds. The van der Waals surface area contributed by atoms with E-state index in [9.17, 15) is 0 Å². The fourth-order valence-electron chi connectivity index (χ4n) is 5.09. The molecule has 0 aromatic carbocycles. The molecule has 2 unspecified atom stereocenters. The molecule has 34 heavy (non-hydrogen) atoms. The van der Waals surface area contributed by atoms with Gasteiger partial charge in [0.15, 0.2) is 11.6 Å². The Morgan fingerprint density at radius 2 is 1.82 bits per heavy atom. The maximum atomic E-state index is 6.63. The van der Waals surface area contributed by atoms with Crippen molar-refractivity contribution in [3.63, 3.8) is 0 Å². The van der Waals surface area contributed by atoms with Crippen molar-refractivity contribution in [3.8, 4) is 16.9 Å². The fourth-order valence-corrected chi connectivity index (χ4v) is 5.09. The van der Waals surface area contributed by atoms with Crippen LogP contribution in [0.2, 0.25) is 0 Å². The van der Waals surface area contributed by atoms with E-state index in [1.807, 2.05) is 55.3 Å². The van der Waals surface area contributed by atoms with Crippen LogP contribution in [-0.4, -0.2) is 67.7 Å². The average Bonchev–Trinajstić information content (AvgIpc) is 3.41. The molecule has 0 aliphatic carbocycles. The summed E-state index contributed by atoms with van der Waals surface area (Å²) in [6.45, 7) is 3.55. The minimum atomic E-state index is 0.143. The van der Waals surface area contributed by atoms with Gasteiger partial charge in [0, 0.05) is 73.3 Å². The van der Waals surface area contributed by atoms with Crippen LogP contribution < -0.4 is 10.1 Å². The fraction of sp³-hybridized carbons (Fsp3) is 0.400. The van der Waals surface area contributed by atoms with Gasteiger partial charge in [0.05, 0.1) is 24.9 Å². The lowest BCUT2D eigenvalue weighted by Crippen LogP contribution is -2.57. The summed E-state index contributed by atoms with van der Waals surface area (Å²) in [5, 5.41) is 12.4. The third-order valence-corrected chi connectivity index (χ3v) is 6.90. The Labute approximate surface area is 198 Å². The number of piperidine rings is 1. The number of nitrogens with zero attached hydrogens (tertiary/aromatic N) is 6. The van der Waals surface area contributed by atoms with Gasteiger partial charge in [-0.15, -0.1) is 0 Å². The van der Waals surface area contributed by atoms with Crippen LogP contribution in [-0.2, 0) is 11.8 Å². The van der Waals surface area contributed by atoms with E-state index < -0.39 is 0 Å². The average molecular weight is 460 g/mol. The number of morpholine rings is 1. The van der Waals surface area contributed by atoms with Gasteiger partial charge in [-0.25, -0.2) is 4.52 Å². The number of hydrogen-bond acceptors (Lipinski definition) is 7. The van der Waals surface area contributed by atoms with E-state index in [0.717, 1.165) is 65.8 Å². The summed E-state index contributed by atoms with van der Waals surface area (Å²) in [6.07, 6.45) is 7.77. The second-order valence-corrected chi connectivity index (χ2v) is 9.32. The van der Waals surface area contributed by atoms with Gasteiger partial charge < -0.3 is 14.8 Å². The zero-order valence-corrected chi connectivity index (χ0v) is 19.7. The van der Waals surface area contributed by atoms with Crippen LogP contribution in [0.5, 0.6) is 5.75 Å². The van der Waals surface area contributed by atoms with Crippen LogP contribution in [0.25, 0.3) is 16.6 Å². The van der Waals surface area contributed by atoms with Gasteiger partial charge in [0.2, 0.25) is 0 Å². The maximum absolute atomic E-state index is 6.63. The van der Waals surface area contributed by atoms with Gasteiger partial charge in [-0.05, 0) is 26.1 Å². The lowest BCUT2D eigenvalue weighted by Gasteiger charge is -2.46. The van der Waals surface area contributed by atoms with Gasteiger partial charge in [-0.2, -0.15) is 10.2 Å². The number of aromatic nitrogens is 5. The van der Waals surface area contributed by atoms with E-state index >= 15 is 0 Å². The number of ether oxygens (including phenoxy) is 2. The Bertz CT molecular complexity index is 1320. The third kappa shape index (κ3) is 3.91. The van der Waals surface area contributed by atoms with Gasteiger partial charge in [-0.1, -0.05) is 6.07 Å². The highest BCUT2D eigenvalue weighted by Gasteiger charge is 2.38. The molecular formula is C25H29N7O2. The third-order valence-electron chi connectivity index (χ3n) is 6.90. The summed E-state index contributed by atoms with van der Waals surface area (Å²) < 4.78 is 16.1. The van der Waals surface area contributed by atoms with Gasteiger partial charge in [0.25, 0.3) is 0 Å². The highest BCUT2D eigenvalue weighted by molar-refractivity contribution is 5.85. The van der Waals surface area contributed by atoms with Crippen molar-refractivity contribution < 1.29 is 9.47 Å². The number of nitrogens with one attached hydrogen (secondary N) is 1. The van der Waals surface area contributed by atoms with Crippen molar-refractivity contribution in [2.24, 2.45) is 7.05 Å². The number of aryl methyl sites for hydroxylation is 2. The predicted octanol–water partition coefficient (Wildman–Crippen LogP) is 3.42. The molecular weight excluding hydrogens is 430 g/mol. The normalized spacial score (nSPS) is 22.7. The minimum Gasteiger partial charge on any atom is -0.488 e. The first kappa shape index (κ1) is 21.1. The Morgan fingerprint density at radius 1 is 1.00 bits per heavy atom. The topological polar surface area (TPSA) is 81.7 Å². The van der Waals surface area contributed by atoms with Crippen LogP contribution in [0.3, 0.4) is 0 Å². The Morgan fingerprint density at radius 3 is 2.59 bits per heavy atom. The lowest BCUT2D eigenvalue weighted by atomic mass is 9.92. The molecule has 2 aliphatic heterocycles. The molecule has 1 N–H and O–H groups in total. The molecule has 2 fully saturated rings. The molecule has 6 rings (SSSR count). The Hall–Kier alpha value is -3.43. The molecule has 0 spiro atoms. The van der Waals surface area contributed by atoms with Crippen molar-refractivity contribution in [1.29, 1.82) is 0 Å². The summed E-state index contributed by atoms with van der Waals surface area (Å²) in [4.78, 5) is 7.00. The first-order valence-electron chi connectivity index (χ1n) is 11.7. The molecule has 2 aliphatic rings. The molecule has 4 aromatic rings. The minimum absolute atomic E-state index is 0.143. The molecule has 6 heterocycles. The summed E-state index contributed by atoms with van der Waals surface area (Å²) in [5.74, 6) is 2.31. The second kappa shape index (κ2) is 8.41. The zero-order valence-electron chi connectivity index (χ0n) is 19.7. The Balaban J connectivity index is 1.33. The van der Waals surface area contributed by atoms with Crippen LogP contribution >= 0.6 is 0 Å². The first-order chi connectivity index (χ1) is 16.5. The number of pyridine rings is 2. The number of rotatable bonds is 5. The second-order valence-electron chi connectivity index (χ2n) is 9.32. The van der Waals surface area contributed by atoms with E-state index in [1.54, 1.807) is 4.68 Å². The molecule has 2 saturated heterocycles. The van der Waals surface area contributed by atoms with E-state index in [4.69, 9.17) is 14.6 Å². The van der Waals surface area contributed by atoms with Crippen LogP contribution in [0, 0.1) is 6.92 Å². The molecule has 0 radical (unpaired) electrons. The largest absolute Gasteiger partial charge is 0.488 e. The smallest absolute Gasteiger partial charge is 0.154 e. The standard InChI is InChI=1S/C25H29N7O2/c1-16-9-21(23(13-26-16)34-19-10-17-14-33-15-18(11-19)31(17)3)20-5-4-7-32-22(20)12-25(29-32)27-24-6-8-30(2)28-24/h4-9,12-13,17-19H,10-11,14-15H2,1-3H3,(H,27,28,29). The van der Waals surface area contributed by atoms with E-state index in [-0.39, 0.29) is 6.10 Å². The molecule has 2 bridgehead atoms. The summed E-state index contributed by atoms with van der Waals surface area (Å²) in [5.41, 5.74) is 4.03. The summed E-state index contributed by atoms with van der Waals surface area (Å²) in [7, 11) is 4.09. The van der Waals surface area contributed by atoms with Crippen LogP contribution in [0.1, 0.15) is 18.5 Å². The molecule has 176 valence electrons. The molecule has 9 heteroatoms. The van der Waals surface area contributed by atoms with Crippen molar-refractivity contribution in [3.05, 3.63) is 54.6 Å². The first-order valence-corrected chi connectivity index (χ1v) is 11.7. The number of hydrogen-bond donors (Lipinski definition) is 1. The number of likely N-dealkylation sites (N-methyl/N-ethyl adjacent to an activating group) is 1. The van der Waals surface area contributed by atoms with Crippen molar-refractivity contribution in [1.82, 2.24) is 29.3 Å². The quantitative estimate of drug-likeness (QED) is 0.490. The van der Waals surface area contributed by atoms with Crippen LogP contribution in [0.15, 0.2) is 48.9 Å². The zero-order chi connectivity index (χ0) is 23.2. The molecule has 4 aromatic heterocycles. The summed E-state index contributed by atoms with van der Waals surface area (Å²) in [6, 6.07) is 11.0. The number of fused-ring (bicyclic) bond motifs is 3. The van der Waals surface area contributed by atoms with E-state index in [1.165, 1.54) is 0 Å². The predicted molar refractivity (Wildman–Crippen MR) is 129 cm³/mol. The molecule has 9 nitrogen and oxygen atoms in total. The monoisotopic (exact) mass is 459 g/mol. The molecule has 0 saturated carbocycles. The van der Waals surface area contributed by atoms with E-state index in [0.29, 0.717) is 12.1 Å². The Kier molecular flexibility index (Phi) is 5.23. The highest BCUT2D eigenvalue weighted by atomic mass is 16.5. The van der Waals surface area contributed by atoms with Crippen molar-refractivity contribution in [2.45, 2.75) is 38.0 Å². The van der Waals surface area contributed by atoms with Crippen molar-refractivity contribution in [2.75, 3.05) is 25.6 Å². The highest BCUT2D eigenvalue weighted by Crippen LogP contribution is 2.37. The van der Waals surface area contributed by atoms with Crippen molar-refractivity contribution >= 4 is 17.2 Å². The number of anilines is 2. The van der Waals surface area contributed by atoms with Gasteiger partial charge in [-0.3, -0.25) is 14.6 Å². The lowest BCUT2D eigenvalue weighted by molar-refractivity contribution is -0.0879. The summed E-state index contributed by atoms with van der Waals surface area (Å²) >= 11 is 0. The maximum Gasteiger partial charge on any atom is 0.154 e. The van der Waals surface area contributed by atoms with E-state index in [2.05, 4.69) is 39.5 Å². The van der Waals surface area contributed by atoms with Gasteiger partial charge >= 0.3 is 0 Å².